The molecule has 1 aliphatic heterocycles. The van der Waals surface area contributed by atoms with Crippen molar-refractivity contribution in [2.24, 2.45) is 0 Å². The van der Waals surface area contributed by atoms with Gasteiger partial charge in [0.25, 0.3) is 0 Å². The molecular formula is C14H22N2S. The molecule has 1 aliphatic rings. The van der Waals surface area contributed by atoms with E-state index in [0.717, 1.165) is 6.54 Å². The maximum Gasteiger partial charge on any atom is 0.101 e. The van der Waals surface area contributed by atoms with Gasteiger partial charge in [-0.1, -0.05) is 26.8 Å². The van der Waals surface area contributed by atoms with Crippen LogP contribution in [0.1, 0.15) is 45.2 Å². The van der Waals surface area contributed by atoms with Crippen molar-refractivity contribution in [1.29, 1.82) is 0 Å². The van der Waals surface area contributed by atoms with E-state index in [9.17, 15) is 0 Å². The predicted molar refractivity (Wildman–Crippen MR) is 74.5 cm³/mol. The Hall–Kier alpha value is -0.540. The molecule has 0 radical (unpaired) electrons. The Morgan fingerprint density at radius 1 is 1.53 bits per heavy atom. The second-order valence-corrected chi connectivity index (χ2v) is 6.42. The molecule has 2 nitrogen and oxygen atoms in total. The number of thioether (sulfide) groups is 1. The fourth-order valence-corrected chi connectivity index (χ4v) is 3.44. The zero-order valence-electron chi connectivity index (χ0n) is 11.0. The molecule has 1 saturated heterocycles. The van der Waals surface area contributed by atoms with Gasteiger partial charge in [-0.05, 0) is 32.0 Å². The lowest BCUT2D eigenvalue weighted by molar-refractivity contribution is 0.268. The van der Waals surface area contributed by atoms with Crippen LogP contribution in [-0.4, -0.2) is 28.2 Å². The summed E-state index contributed by atoms with van der Waals surface area (Å²) < 4.78 is 0. The van der Waals surface area contributed by atoms with E-state index in [4.69, 9.17) is 0 Å². The molecule has 0 spiro atoms. The van der Waals surface area contributed by atoms with Crippen LogP contribution in [0.2, 0.25) is 0 Å². The summed E-state index contributed by atoms with van der Waals surface area (Å²) in [5, 5.41) is 1.83. The second kappa shape index (κ2) is 5.87. The van der Waals surface area contributed by atoms with Gasteiger partial charge in [-0.2, -0.15) is 0 Å². The van der Waals surface area contributed by atoms with Crippen molar-refractivity contribution in [3.05, 3.63) is 23.9 Å². The molecule has 94 valence electrons. The van der Waals surface area contributed by atoms with Crippen molar-refractivity contribution in [1.82, 2.24) is 9.88 Å². The molecule has 0 aliphatic carbocycles. The van der Waals surface area contributed by atoms with Crippen molar-refractivity contribution in [3.8, 4) is 0 Å². The summed E-state index contributed by atoms with van der Waals surface area (Å²) in [4.78, 5) is 7.14. The number of likely N-dealkylation sites (tertiary alicyclic amines) is 1. The normalized spacial score (nSPS) is 21.3. The Balaban J connectivity index is 2.24. The fraction of sp³-hybridized carbons (Fsp3) is 0.643. The lowest BCUT2D eigenvalue weighted by atomic mass is 10.1. The molecule has 1 fully saturated rings. The molecule has 0 N–H and O–H groups in total. The Morgan fingerprint density at radius 3 is 3.06 bits per heavy atom. The number of hydrogen-bond acceptors (Lipinski definition) is 3. The highest BCUT2D eigenvalue weighted by Crippen LogP contribution is 2.36. The summed E-state index contributed by atoms with van der Waals surface area (Å²) in [6.07, 6.45) is 4.52. The highest BCUT2D eigenvalue weighted by molar-refractivity contribution is 7.99. The smallest absolute Gasteiger partial charge is 0.101 e. The molecule has 17 heavy (non-hydrogen) atoms. The summed E-state index contributed by atoms with van der Waals surface area (Å²) in [7, 11) is 0. The molecule has 3 heteroatoms. The number of hydrogen-bond donors (Lipinski definition) is 0. The first-order valence-corrected chi connectivity index (χ1v) is 7.46. The average Bonchev–Trinajstić information content (AvgIpc) is 2.77. The Kier molecular flexibility index (Phi) is 4.46. The van der Waals surface area contributed by atoms with Gasteiger partial charge in [-0.25, -0.2) is 4.98 Å². The van der Waals surface area contributed by atoms with Gasteiger partial charge in [0.15, 0.2) is 0 Å². The van der Waals surface area contributed by atoms with Crippen LogP contribution in [0.3, 0.4) is 0 Å². The van der Waals surface area contributed by atoms with Crippen molar-refractivity contribution < 1.29 is 0 Å². The number of nitrogens with zero attached hydrogens (tertiary/aromatic N) is 2. The summed E-state index contributed by atoms with van der Waals surface area (Å²) in [5.74, 6) is 0. The van der Waals surface area contributed by atoms with E-state index in [-0.39, 0.29) is 0 Å². The third-order valence-electron chi connectivity index (χ3n) is 3.28. The number of aromatic nitrogens is 1. The maximum atomic E-state index is 4.57. The summed E-state index contributed by atoms with van der Waals surface area (Å²) in [6, 6.07) is 4.93. The molecule has 0 saturated carbocycles. The van der Waals surface area contributed by atoms with Gasteiger partial charge in [0.05, 0.1) is 0 Å². The minimum absolute atomic E-state index is 0.593. The van der Waals surface area contributed by atoms with Crippen LogP contribution in [0.15, 0.2) is 23.4 Å². The van der Waals surface area contributed by atoms with Gasteiger partial charge in [0, 0.05) is 23.1 Å². The van der Waals surface area contributed by atoms with Crippen LogP contribution in [0.5, 0.6) is 0 Å². The molecule has 1 aromatic heterocycles. The Morgan fingerprint density at radius 2 is 2.35 bits per heavy atom. The molecule has 2 rings (SSSR count). The van der Waals surface area contributed by atoms with Crippen molar-refractivity contribution >= 4 is 11.8 Å². The van der Waals surface area contributed by atoms with Crippen LogP contribution in [0.25, 0.3) is 0 Å². The zero-order chi connectivity index (χ0) is 12.3. The van der Waals surface area contributed by atoms with E-state index in [0.29, 0.717) is 11.3 Å². The van der Waals surface area contributed by atoms with E-state index in [1.54, 1.807) is 0 Å². The highest BCUT2D eigenvalue weighted by Gasteiger charge is 2.27. The standard InChI is InChI=1S/C14H22N2S/c1-4-16-10-6-8-13(16)12-7-5-9-15-14(12)17-11(2)3/h5,7,9,11,13H,4,6,8,10H2,1-3H3/t13-/m0/s1. The van der Waals surface area contributed by atoms with Gasteiger partial charge in [-0.3, -0.25) is 4.90 Å². The zero-order valence-corrected chi connectivity index (χ0v) is 11.8. The molecule has 0 amide bonds. The average molecular weight is 250 g/mol. The van der Waals surface area contributed by atoms with Crippen LogP contribution < -0.4 is 0 Å². The van der Waals surface area contributed by atoms with Gasteiger partial charge < -0.3 is 0 Å². The molecule has 2 heterocycles. The SMILES string of the molecule is CCN1CCC[C@H]1c1cccnc1SC(C)C. The quantitative estimate of drug-likeness (QED) is 0.757. The lowest BCUT2D eigenvalue weighted by Crippen LogP contribution is -2.23. The first-order chi connectivity index (χ1) is 8.22. The van der Waals surface area contributed by atoms with Gasteiger partial charge in [-0.15, -0.1) is 11.8 Å². The summed E-state index contributed by atoms with van der Waals surface area (Å²) in [6.45, 7) is 9.10. The Labute approximate surface area is 109 Å². The second-order valence-electron chi connectivity index (χ2n) is 4.85. The van der Waals surface area contributed by atoms with E-state index in [1.807, 2.05) is 18.0 Å². The largest absolute Gasteiger partial charge is 0.297 e. The minimum Gasteiger partial charge on any atom is -0.297 e. The molecule has 0 bridgehead atoms. The summed E-state index contributed by atoms with van der Waals surface area (Å²) in [5.41, 5.74) is 1.44. The van der Waals surface area contributed by atoms with Crippen LogP contribution in [-0.2, 0) is 0 Å². The third kappa shape index (κ3) is 3.02. The topological polar surface area (TPSA) is 16.1 Å². The fourth-order valence-electron chi connectivity index (χ4n) is 2.54. The molecule has 0 aromatic carbocycles. The minimum atomic E-state index is 0.593. The third-order valence-corrected chi connectivity index (χ3v) is 4.31. The molecule has 1 atom stereocenters. The number of rotatable bonds is 4. The highest BCUT2D eigenvalue weighted by atomic mass is 32.2. The van der Waals surface area contributed by atoms with Crippen LogP contribution >= 0.6 is 11.8 Å². The first-order valence-electron chi connectivity index (χ1n) is 6.58. The van der Waals surface area contributed by atoms with Crippen LogP contribution in [0.4, 0.5) is 0 Å². The van der Waals surface area contributed by atoms with Gasteiger partial charge >= 0.3 is 0 Å². The molecule has 0 unspecified atom stereocenters. The lowest BCUT2D eigenvalue weighted by Gasteiger charge is -2.24. The van der Waals surface area contributed by atoms with Crippen molar-refractivity contribution in [3.63, 3.8) is 0 Å². The van der Waals surface area contributed by atoms with E-state index >= 15 is 0 Å². The van der Waals surface area contributed by atoms with Crippen molar-refractivity contribution in [2.45, 2.75) is 49.9 Å². The first kappa shape index (κ1) is 12.9. The molecular weight excluding hydrogens is 228 g/mol. The van der Waals surface area contributed by atoms with Crippen LogP contribution in [0, 0.1) is 0 Å². The number of pyridine rings is 1. The molecule has 1 aromatic rings. The van der Waals surface area contributed by atoms with E-state index < -0.39 is 0 Å². The predicted octanol–water partition coefficient (Wildman–Crippen LogP) is 3.74. The summed E-state index contributed by atoms with van der Waals surface area (Å²) >= 11 is 1.89. The van der Waals surface area contributed by atoms with Gasteiger partial charge in [0.2, 0.25) is 0 Å². The maximum absolute atomic E-state index is 4.57. The van der Waals surface area contributed by atoms with Crippen molar-refractivity contribution in [2.75, 3.05) is 13.1 Å². The Bertz CT molecular complexity index is 365. The van der Waals surface area contributed by atoms with Gasteiger partial charge in [0.1, 0.15) is 5.03 Å². The van der Waals surface area contributed by atoms with E-state index in [2.05, 4.69) is 42.8 Å². The monoisotopic (exact) mass is 250 g/mol. The van der Waals surface area contributed by atoms with E-state index in [1.165, 1.54) is 30.0 Å².